The molecule has 0 unspecified atom stereocenters. The number of aromatic nitrogens is 1. The molecule has 0 radical (unpaired) electrons. The molecular formula is C18H22N2O4. The van der Waals surface area contributed by atoms with Crippen molar-refractivity contribution in [1.29, 1.82) is 0 Å². The van der Waals surface area contributed by atoms with Crippen molar-refractivity contribution in [3.8, 4) is 5.75 Å². The summed E-state index contributed by atoms with van der Waals surface area (Å²) in [5.41, 5.74) is 1.00. The summed E-state index contributed by atoms with van der Waals surface area (Å²) in [6, 6.07) is 5.56. The fourth-order valence-corrected chi connectivity index (χ4v) is 2.20. The minimum Gasteiger partial charge on any atom is -0.497 e. The zero-order chi connectivity index (χ0) is 17.7. The molecule has 0 fully saturated rings. The summed E-state index contributed by atoms with van der Waals surface area (Å²) in [6.07, 6.45) is 6.40. The number of carbonyl (C=O) groups is 1. The first-order valence-corrected chi connectivity index (χ1v) is 7.51. The summed E-state index contributed by atoms with van der Waals surface area (Å²) in [5, 5.41) is 4.56. The lowest BCUT2D eigenvalue weighted by molar-refractivity contribution is 0.0544. The van der Waals surface area contributed by atoms with Gasteiger partial charge in [0.2, 0.25) is 0 Å². The minimum atomic E-state index is -0.576. The van der Waals surface area contributed by atoms with Crippen LogP contribution in [0.2, 0.25) is 0 Å². The number of ether oxygens (including phenoxy) is 2. The average molecular weight is 330 g/mol. The van der Waals surface area contributed by atoms with E-state index in [9.17, 15) is 4.79 Å². The van der Waals surface area contributed by atoms with Gasteiger partial charge in [0.1, 0.15) is 18.5 Å². The van der Waals surface area contributed by atoms with Crippen molar-refractivity contribution in [2.24, 2.45) is 5.16 Å². The van der Waals surface area contributed by atoms with E-state index in [1.807, 2.05) is 39.0 Å². The lowest BCUT2D eigenvalue weighted by Crippen LogP contribution is -2.26. The number of carbonyl (C=O) groups excluding carboxylic acids is 1. The minimum absolute atomic E-state index is 0.439. The van der Waals surface area contributed by atoms with Crippen LogP contribution >= 0.6 is 0 Å². The van der Waals surface area contributed by atoms with Gasteiger partial charge in [0.25, 0.3) is 0 Å². The molecule has 0 saturated carbocycles. The van der Waals surface area contributed by atoms with Gasteiger partial charge in [-0.2, -0.15) is 0 Å². The molecule has 1 heterocycles. The van der Waals surface area contributed by atoms with Crippen LogP contribution in [-0.2, 0) is 9.57 Å². The first kappa shape index (κ1) is 17.6. The average Bonchev–Trinajstić information content (AvgIpc) is 2.88. The molecule has 0 bridgehead atoms. The topological polar surface area (TPSA) is 62.1 Å². The van der Waals surface area contributed by atoms with Crippen molar-refractivity contribution >= 4 is 29.3 Å². The van der Waals surface area contributed by atoms with Crippen LogP contribution in [0.15, 0.2) is 35.6 Å². The maximum atomic E-state index is 12.5. The Hall–Kier alpha value is -2.76. The van der Waals surface area contributed by atoms with E-state index in [2.05, 4.69) is 9.99 Å². The quantitative estimate of drug-likeness (QED) is 0.626. The molecule has 0 saturated heterocycles. The molecule has 1 aromatic carbocycles. The van der Waals surface area contributed by atoms with Gasteiger partial charge in [0.05, 0.1) is 18.8 Å². The second kappa shape index (κ2) is 7.21. The van der Waals surface area contributed by atoms with E-state index < -0.39 is 11.7 Å². The van der Waals surface area contributed by atoms with E-state index in [4.69, 9.17) is 9.47 Å². The maximum Gasteiger partial charge on any atom is 0.419 e. The van der Waals surface area contributed by atoms with Crippen LogP contribution in [0.1, 0.15) is 26.3 Å². The third kappa shape index (κ3) is 4.16. The van der Waals surface area contributed by atoms with Gasteiger partial charge < -0.3 is 14.3 Å². The number of hydrogen-bond acceptors (Lipinski definition) is 5. The van der Waals surface area contributed by atoms with E-state index in [1.54, 1.807) is 25.4 Å². The van der Waals surface area contributed by atoms with Crippen LogP contribution in [0.4, 0.5) is 4.79 Å². The smallest absolute Gasteiger partial charge is 0.419 e. The molecule has 128 valence electrons. The predicted octanol–water partition coefficient (Wildman–Crippen LogP) is 4.08. The van der Waals surface area contributed by atoms with E-state index in [0.717, 1.165) is 10.9 Å². The number of nitrogens with zero attached hydrogens (tertiary/aromatic N) is 2. The summed E-state index contributed by atoms with van der Waals surface area (Å²) in [5.74, 6) is 0.668. The largest absolute Gasteiger partial charge is 0.497 e. The van der Waals surface area contributed by atoms with Crippen LogP contribution in [0.5, 0.6) is 5.75 Å². The van der Waals surface area contributed by atoms with Crippen LogP contribution in [0.3, 0.4) is 0 Å². The Labute approximate surface area is 141 Å². The Balaban J connectivity index is 2.51. The maximum absolute atomic E-state index is 12.5. The Morgan fingerprint density at radius 3 is 2.62 bits per heavy atom. The van der Waals surface area contributed by atoms with Gasteiger partial charge in [-0.15, -0.1) is 0 Å². The van der Waals surface area contributed by atoms with Gasteiger partial charge in [-0.25, -0.2) is 4.79 Å². The second-order valence-electron chi connectivity index (χ2n) is 6.11. The highest BCUT2D eigenvalue weighted by Gasteiger charge is 2.20. The fourth-order valence-electron chi connectivity index (χ4n) is 2.20. The van der Waals surface area contributed by atoms with Crippen LogP contribution in [-0.4, -0.2) is 36.7 Å². The molecule has 1 aromatic heterocycles. The first-order valence-electron chi connectivity index (χ1n) is 7.51. The van der Waals surface area contributed by atoms with Crippen LogP contribution < -0.4 is 4.74 Å². The van der Waals surface area contributed by atoms with E-state index in [0.29, 0.717) is 11.3 Å². The molecule has 2 aromatic rings. The standard InChI is InChI=1S/C18H22N2O4/c1-18(2,3)24-17(21)20-12-13(7-6-10-19-23-5)15-9-8-14(22-4)11-16(15)20/h6-12H,1-5H3/b7-6-,19-10+. The fraction of sp³-hybridized carbons (Fsp3) is 0.333. The van der Waals surface area contributed by atoms with Crippen LogP contribution in [0, 0.1) is 0 Å². The van der Waals surface area contributed by atoms with E-state index in [-0.39, 0.29) is 0 Å². The number of allylic oxidation sites excluding steroid dienone is 1. The van der Waals surface area contributed by atoms with Crippen molar-refractivity contribution in [2.75, 3.05) is 14.2 Å². The predicted molar refractivity (Wildman–Crippen MR) is 94.7 cm³/mol. The Bertz CT molecular complexity index is 782. The summed E-state index contributed by atoms with van der Waals surface area (Å²) in [4.78, 5) is 17.1. The lowest BCUT2D eigenvalue weighted by atomic mass is 10.1. The first-order chi connectivity index (χ1) is 11.4. The molecule has 0 amide bonds. The molecule has 6 heteroatoms. The molecule has 6 nitrogen and oxygen atoms in total. The number of fused-ring (bicyclic) bond motifs is 1. The van der Waals surface area contributed by atoms with Gasteiger partial charge in [-0.3, -0.25) is 4.57 Å². The zero-order valence-corrected chi connectivity index (χ0v) is 14.6. The molecule has 0 aliphatic rings. The number of rotatable bonds is 4. The summed E-state index contributed by atoms with van der Waals surface area (Å²) < 4.78 is 12.2. The highest BCUT2D eigenvalue weighted by Crippen LogP contribution is 2.27. The highest BCUT2D eigenvalue weighted by atomic mass is 16.6. The molecule has 0 N–H and O–H groups in total. The Kier molecular flexibility index (Phi) is 5.28. The number of methoxy groups -OCH3 is 1. The highest BCUT2D eigenvalue weighted by molar-refractivity contribution is 5.97. The molecule has 0 aliphatic carbocycles. The summed E-state index contributed by atoms with van der Waals surface area (Å²) >= 11 is 0. The molecular weight excluding hydrogens is 308 g/mol. The number of hydrogen-bond donors (Lipinski definition) is 0. The number of oxime groups is 1. The zero-order valence-electron chi connectivity index (χ0n) is 14.6. The number of benzene rings is 1. The summed E-state index contributed by atoms with van der Waals surface area (Å²) in [6.45, 7) is 5.50. The van der Waals surface area contributed by atoms with Gasteiger partial charge in [0.15, 0.2) is 0 Å². The van der Waals surface area contributed by atoms with Crippen molar-refractivity contribution in [1.82, 2.24) is 4.57 Å². The van der Waals surface area contributed by atoms with Gasteiger partial charge in [-0.05, 0) is 39.0 Å². The monoisotopic (exact) mass is 330 g/mol. The van der Waals surface area contributed by atoms with Crippen molar-refractivity contribution in [2.45, 2.75) is 26.4 Å². The molecule has 0 atom stereocenters. The lowest BCUT2D eigenvalue weighted by Gasteiger charge is -2.19. The van der Waals surface area contributed by atoms with E-state index in [1.165, 1.54) is 17.9 Å². The van der Waals surface area contributed by atoms with Crippen molar-refractivity contribution in [3.05, 3.63) is 36.0 Å². The van der Waals surface area contributed by atoms with Gasteiger partial charge >= 0.3 is 6.09 Å². The molecule has 0 aliphatic heterocycles. The van der Waals surface area contributed by atoms with Crippen molar-refractivity contribution < 1.29 is 19.1 Å². The molecule has 0 spiro atoms. The van der Waals surface area contributed by atoms with Crippen LogP contribution in [0.25, 0.3) is 17.0 Å². The Morgan fingerprint density at radius 2 is 2.00 bits per heavy atom. The third-order valence-corrected chi connectivity index (χ3v) is 3.16. The van der Waals surface area contributed by atoms with Gasteiger partial charge in [-0.1, -0.05) is 11.2 Å². The Morgan fingerprint density at radius 1 is 1.25 bits per heavy atom. The van der Waals surface area contributed by atoms with Gasteiger partial charge in [0, 0.05) is 23.2 Å². The molecule has 24 heavy (non-hydrogen) atoms. The third-order valence-electron chi connectivity index (χ3n) is 3.16. The normalized spacial score (nSPS) is 12.2. The second-order valence-corrected chi connectivity index (χ2v) is 6.11. The molecule has 2 rings (SSSR count). The van der Waals surface area contributed by atoms with E-state index >= 15 is 0 Å². The van der Waals surface area contributed by atoms with Crippen molar-refractivity contribution in [3.63, 3.8) is 0 Å². The SMILES string of the molecule is CO/N=C/C=C\c1cn(C(=O)OC(C)(C)C)c2cc(OC)ccc12. The summed E-state index contributed by atoms with van der Waals surface area (Å²) in [7, 11) is 3.06.